The van der Waals surface area contributed by atoms with Crippen molar-refractivity contribution in [1.82, 2.24) is 5.32 Å². The number of esters is 1. The molecule has 2 aromatic rings. The summed E-state index contributed by atoms with van der Waals surface area (Å²) in [5.41, 5.74) is 2.65. The summed E-state index contributed by atoms with van der Waals surface area (Å²) in [4.78, 5) is 35.7. The van der Waals surface area contributed by atoms with Gasteiger partial charge in [0.15, 0.2) is 12.7 Å². The monoisotopic (exact) mass is 402 g/mol. The fraction of sp³-hybridized carbons (Fsp3) is 0.286. The number of halogens is 1. The second-order valence-corrected chi connectivity index (χ2v) is 6.39. The molecular formula is C21H23FN2O5. The zero-order valence-corrected chi connectivity index (χ0v) is 16.5. The molecule has 0 aliphatic carbocycles. The molecule has 2 rings (SSSR count). The second-order valence-electron chi connectivity index (χ2n) is 6.39. The van der Waals surface area contributed by atoms with Crippen LogP contribution in [0.3, 0.4) is 0 Å². The Hall–Kier alpha value is -3.42. The fourth-order valence-corrected chi connectivity index (χ4v) is 2.33. The molecule has 2 N–H and O–H groups in total. The molecule has 0 fully saturated rings. The summed E-state index contributed by atoms with van der Waals surface area (Å²) in [5.74, 6) is -1.91. The summed E-state index contributed by atoms with van der Waals surface area (Å²) in [5, 5.41) is 5.09. The average Bonchev–Trinajstić information content (AvgIpc) is 2.69. The maximum absolute atomic E-state index is 12.9. The third-order valence-corrected chi connectivity index (χ3v) is 4.13. The van der Waals surface area contributed by atoms with Crippen LogP contribution >= 0.6 is 0 Å². The van der Waals surface area contributed by atoms with Crippen molar-refractivity contribution in [2.75, 3.05) is 18.5 Å². The van der Waals surface area contributed by atoms with E-state index >= 15 is 0 Å². The van der Waals surface area contributed by atoms with Crippen molar-refractivity contribution in [2.24, 2.45) is 0 Å². The van der Waals surface area contributed by atoms with Gasteiger partial charge in [0.1, 0.15) is 11.6 Å². The van der Waals surface area contributed by atoms with Crippen molar-refractivity contribution in [1.29, 1.82) is 0 Å². The van der Waals surface area contributed by atoms with Crippen molar-refractivity contribution in [3.8, 4) is 5.75 Å². The van der Waals surface area contributed by atoms with Crippen molar-refractivity contribution in [2.45, 2.75) is 26.9 Å². The zero-order chi connectivity index (χ0) is 21.4. The van der Waals surface area contributed by atoms with Gasteiger partial charge in [-0.3, -0.25) is 9.59 Å². The second kappa shape index (κ2) is 10.2. The molecule has 0 spiro atoms. The minimum absolute atomic E-state index is 0.259. The molecule has 0 heterocycles. The van der Waals surface area contributed by atoms with E-state index in [1.54, 1.807) is 6.07 Å². The van der Waals surface area contributed by atoms with Gasteiger partial charge in [0.05, 0.1) is 6.54 Å². The Morgan fingerprint density at radius 3 is 2.41 bits per heavy atom. The maximum atomic E-state index is 12.9. The molecule has 0 unspecified atom stereocenters. The molecule has 0 saturated heterocycles. The number of hydrogen-bond donors (Lipinski definition) is 2. The standard InChI is InChI=1S/C21H23FN2O5/c1-13-5-4-6-18(14(13)2)24-19(25)11-23-20(26)12-28-21(27)15(3)29-17-9-7-16(22)8-10-17/h4-10,15H,11-12H2,1-3H3,(H,23,26)(H,24,25)/t15-/m0/s1. The lowest BCUT2D eigenvalue weighted by Crippen LogP contribution is -2.37. The summed E-state index contributed by atoms with van der Waals surface area (Å²) in [6.07, 6.45) is -0.985. The molecule has 154 valence electrons. The molecule has 0 bridgehead atoms. The highest BCUT2D eigenvalue weighted by Gasteiger charge is 2.18. The van der Waals surface area contributed by atoms with Crippen LogP contribution in [0.25, 0.3) is 0 Å². The van der Waals surface area contributed by atoms with Crippen molar-refractivity contribution in [3.05, 3.63) is 59.4 Å². The molecule has 0 saturated carbocycles. The minimum atomic E-state index is -0.985. The maximum Gasteiger partial charge on any atom is 0.347 e. The van der Waals surface area contributed by atoms with Crippen LogP contribution in [0.15, 0.2) is 42.5 Å². The molecule has 2 amide bonds. The van der Waals surface area contributed by atoms with Gasteiger partial charge in [-0.2, -0.15) is 0 Å². The van der Waals surface area contributed by atoms with Gasteiger partial charge in [-0.05, 0) is 62.2 Å². The Bertz CT molecular complexity index is 883. The molecule has 0 aliphatic heterocycles. The van der Waals surface area contributed by atoms with Gasteiger partial charge < -0.3 is 20.1 Å². The van der Waals surface area contributed by atoms with E-state index in [0.29, 0.717) is 11.4 Å². The van der Waals surface area contributed by atoms with E-state index in [1.807, 2.05) is 26.0 Å². The number of hydrogen-bond acceptors (Lipinski definition) is 5. The first-order valence-electron chi connectivity index (χ1n) is 8.98. The predicted molar refractivity (Wildman–Crippen MR) is 105 cm³/mol. The number of rotatable bonds is 8. The topological polar surface area (TPSA) is 93.7 Å². The largest absolute Gasteiger partial charge is 0.479 e. The summed E-state index contributed by atoms with van der Waals surface area (Å²) >= 11 is 0. The Balaban J connectivity index is 1.71. The molecule has 0 aromatic heterocycles. The highest BCUT2D eigenvalue weighted by molar-refractivity contribution is 5.95. The number of aryl methyl sites for hydroxylation is 1. The zero-order valence-electron chi connectivity index (χ0n) is 16.5. The molecule has 8 heteroatoms. The van der Waals surface area contributed by atoms with Crippen LogP contribution in [-0.4, -0.2) is 37.0 Å². The molecule has 7 nitrogen and oxygen atoms in total. The summed E-state index contributed by atoms with van der Waals surface area (Å²) in [7, 11) is 0. The minimum Gasteiger partial charge on any atom is -0.479 e. The van der Waals surface area contributed by atoms with Crippen LogP contribution in [0.1, 0.15) is 18.1 Å². The van der Waals surface area contributed by atoms with E-state index in [4.69, 9.17) is 9.47 Å². The van der Waals surface area contributed by atoms with Crippen LogP contribution in [0, 0.1) is 19.7 Å². The van der Waals surface area contributed by atoms with Gasteiger partial charge in [0, 0.05) is 5.69 Å². The molecule has 2 aromatic carbocycles. The lowest BCUT2D eigenvalue weighted by Gasteiger charge is -2.14. The van der Waals surface area contributed by atoms with E-state index in [2.05, 4.69) is 10.6 Å². The van der Waals surface area contributed by atoms with Gasteiger partial charge in [-0.1, -0.05) is 12.1 Å². The van der Waals surface area contributed by atoms with Crippen molar-refractivity contribution >= 4 is 23.5 Å². The first kappa shape index (κ1) is 21.9. The van der Waals surface area contributed by atoms with Gasteiger partial charge >= 0.3 is 5.97 Å². The highest BCUT2D eigenvalue weighted by atomic mass is 19.1. The Morgan fingerprint density at radius 1 is 1.03 bits per heavy atom. The van der Waals surface area contributed by atoms with E-state index in [0.717, 1.165) is 11.1 Å². The SMILES string of the molecule is Cc1cccc(NC(=O)CNC(=O)COC(=O)[C@H](C)Oc2ccc(F)cc2)c1C. The summed E-state index contributed by atoms with van der Waals surface area (Å²) in [6.45, 7) is 4.46. The van der Waals surface area contributed by atoms with Gasteiger partial charge in [-0.25, -0.2) is 9.18 Å². The number of benzene rings is 2. The molecule has 0 radical (unpaired) electrons. The van der Waals surface area contributed by atoms with Crippen LogP contribution in [0.2, 0.25) is 0 Å². The fourth-order valence-electron chi connectivity index (χ4n) is 2.33. The smallest absolute Gasteiger partial charge is 0.347 e. The Kier molecular flexibility index (Phi) is 7.70. The number of ether oxygens (including phenoxy) is 2. The molecule has 29 heavy (non-hydrogen) atoms. The number of amides is 2. The highest BCUT2D eigenvalue weighted by Crippen LogP contribution is 2.17. The lowest BCUT2D eigenvalue weighted by atomic mass is 10.1. The van der Waals surface area contributed by atoms with Crippen LogP contribution < -0.4 is 15.4 Å². The molecule has 1 atom stereocenters. The Labute approximate surface area is 168 Å². The molecule has 0 aliphatic rings. The number of anilines is 1. The van der Waals surface area contributed by atoms with E-state index in [-0.39, 0.29) is 6.54 Å². The van der Waals surface area contributed by atoms with Gasteiger partial charge in [-0.15, -0.1) is 0 Å². The number of carbonyl (C=O) groups is 3. The van der Waals surface area contributed by atoms with E-state index < -0.39 is 36.3 Å². The van der Waals surface area contributed by atoms with E-state index in [9.17, 15) is 18.8 Å². The summed E-state index contributed by atoms with van der Waals surface area (Å²) in [6, 6.07) is 10.7. The van der Waals surface area contributed by atoms with Crippen molar-refractivity contribution in [3.63, 3.8) is 0 Å². The van der Waals surface area contributed by atoms with Crippen LogP contribution in [0.4, 0.5) is 10.1 Å². The van der Waals surface area contributed by atoms with Gasteiger partial charge in [0.25, 0.3) is 5.91 Å². The normalized spacial score (nSPS) is 11.3. The van der Waals surface area contributed by atoms with Crippen LogP contribution in [0.5, 0.6) is 5.75 Å². The van der Waals surface area contributed by atoms with Gasteiger partial charge in [0.2, 0.25) is 5.91 Å². The predicted octanol–water partition coefficient (Wildman–Crippen LogP) is 2.51. The summed E-state index contributed by atoms with van der Waals surface area (Å²) < 4.78 is 23.0. The third kappa shape index (κ3) is 6.91. The number of carbonyl (C=O) groups excluding carboxylic acids is 3. The van der Waals surface area contributed by atoms with E-state index in [1.165, 1.54) is 31.2 Å². The lowest BCUT2D eigenvalue weighted by molar-refractivity contribution is -0.154. The average molecular weight is 402 g/mol. The number of nitrogens with one attached hydrogen (secondary N) is 2. The molecular weight excluding hydrogens is 379 g/mol. The first-order chi connectivity index (χ1) is 13.8. The Morgan fingerprint density at radius 2 is 1.72 bits per heavy atom. The first-order valence-corrected chi connectivity index (χ1v) is 8.98. The van der Waals surface area contributed by atoms with Crippen LogP contribution in [-0.2, 0) is 19.1 Å². The third-order valence-electron chi connectivity index (χ3n) is 4.13. The van der Waals surface area contributed by atoms with Crippen molar-refractivity contribution < 1.29 is 28.2 Å². The quantitative estimate of drug-likeness (QED) is 0.662.